The molecule has 1 fully saturated rings. The number of amides is 3. The minimum atomic E-state index is -4.90. The summed E-state index contributed by atoms with van der Waals surface area (Å²) in [5.41, 5.74) is 6.31. The summed E-state index contributed by atoms with van der Waals surface area (Å²) in [4.78, 5) is 47.9. The molecule has 0 spiro atoms. The van der Waals surface area contributed by atoms with Gasteiger partial charge in [0.15, 0.2) is 4.75 Å². The number of nitrogen functional groups attached to an aromatic ring is 1. The van der Waals surface area contributed by atoms with Gasteiger partial charge in [0.1, 0.15) is 5.58 Å². The number of fused-ring (bicyclic) bond motifs is 1. The second-order valence-corrected chi connectivity index (χ2v) is 8.78. The van der Waals surface area contributed by atoms with Gasteiger partial charge < -0.3 is 15.5 Å². The van der Waals surface area contributed by atoms with Crippen molar-refractivity contribution in [1.29, 1.82) is 0 Å². The Morgan fingerprint density at radius 2 is 2.03 bits per heavy atom. The number of carbonyl (C=O) groups excluding carboxylic acids is 3. The fraction of sp³-hybridized carbons (Fsp3) is 0.333. The predicted molar refractivity (Wildman–Crippen MR) is 105 cm³/mol. The van der Waals surface area contributed by atoms with Gasteiger partial charge in [-0.1, -0.05) is 0 Å². The van der Waals surface area contributed by atoms with Crippen LogP contribution in [0.3, 0.4) is 0 Å². The maximum absolute atomic E-state index is 12.3. The minimum absolute atomic E-state index is 0.114. The molecule has 160 valence electrons. The molecule has 3 amide bonds. The molecule has 1 aromatic heterocycles. The highest BCUT2D eigenvalue weighted by atomic mass is 32.2. The van der Waals surface area contributed by atoms with Gasteiger partial charge in [0, 0.05) is 23.7 Å². The zero-order chi connectivity index (χ0) is 22.3. The SMILES string of the molecule is Cc1c(CC(=O)NCCC2(S(=O)(=O)O)CC(=O)NC2=O)c(=O)oc2cc(N)ccc12. The molecule has 1 aliphatic rings. The second kappa shape index (κ2) is 7.54. The van der Waals surface area contributed by atoms with Crippen molar-refractivity contribution in [3.63, 3.8) is 0 Å². The molecule has 1 saturated heterocycles. The molecule has 11 nitrogen and oxygen atoms in total. The fourth-order valence-corrected chi connectivity index (χ4v) is 4.36. The highest BCUT2D eigenvalue weighted by molar-refractivity contribution is 7.88. The number of hydrogen-bond acceptors (Lipinski definition) is 8. The van der Waals surface area contributed by atoms with Gasteiger partial charge in [0.25, 0.3) is 16.0 Å². The molecule has 1 unspecified atom stereocenters. The van der Waals surface area contributed by atoms with Gasteiger partial charge in [0.05, 0.1) is 18.4 Å². The number of imide groups is 1. The Kier molecular flexibility index (Phi) is 5.39. The van der Waals surface area contributed by atoms with E-state index in [-0.39, 0.29) is 24.1 Å². The van der Waals surface area contributed by atoms with Crippen LogP contribution < -0.4 is 22.0 Å². The molecule has 30 heavy (non-hydrogen) atoms. The molecule has 1 aliphatic heterocycles. The molecule has 5 N–H and O–H groups in total. The first kappa shape index (κ1) is 21.5. The molecule has 0 saturated carbocycles. The van der Waals surface area contributed by atoms with Crippen LogP contribution in [0.1, 0.15) is 24.0 Å². The monoisotopic (exact) mass is 437 g/mol. The van der Waals surface area contributed by atoms with Gasteiger partial charge in [-0.2, -0.15) is 8.42 Å². The number of anilines is 1. The highest BCUT2D eigenvalue weighted by Crippen LogP contribution is 2.29. The lowest BCUT2D eigenvalue weighted by Gasteiger charge is -2.21. The topological polar surface area (TPSA) is 186 Å². The van der Waals surface area contributed by atoms with E-state index in [1.54, 1.807) is 19.1 Å². The molecule has 3 rings (SSSR count). The van der Waals surface area contributed by atoms with Crippen LogP contribution in [0.2, 0.25) is 0 Å². The summed E-state index contributed by atoms with van der Waals surface area (Å²) < 4.78 is 35.7. The maximum atomic E-state index is 12.3. The van der Waals surface area contributed by atoms with Crippen molar-refractivity contribution >= 4 is 44.5 Å². The van der Waals surface area contributed by atoms with Crippen molar-refractivity contribution in [3.8, 4) is 0 Å². The number of aryl methyl sites for hydroxylation is 1. The van der Waals surface area contributed by atoms with Crippen LogP contribution >= 0.6 is 0 Å². The Bertz CT molecular complexity index is 1230. The van der Waals surface area contributed by atoms with E-state index in [4.69, 9.17) is 10.2 Å². The van der Waals surface area contributed by atoms with Crippen LogP contribution in [0.5, 0.6) is 0 Å². The second-order valence-electron chi connectivity index (χ2n) is 7.05. The van der Waals surface area contributed by atoms with Gasteiger partial charge in [-0.15, -0.1) is 0 Å². The normalized spacial score (nSPS) is 19.1. The van der Waals surface area contributed by atoms with Crippen molar-refractivity contribution in [1.82, 2.24) is 10.6 Å². The number of nitrogens with two attached hydrogens (primary N) is 1. The molecule has 1 atom stereocenters. The van der Waals surface area contributed by atoms with Crippen LogP contribution in [0.25, 0.3) is 11.0 Å². The van der Waals surface area contributed by atoms with Gasteiger partial charge in [0.2, 0.25) is 11.8 Å². The zero-order valence-corrected chi connectivity index (χ0v) is 16.7. The Morgan fingerprint density at radius 1 is 1.33 bits per heavy atom. The number of hydrogen-bond donors (Lipinski definition) is 4. The Morgan fingerprint density at radius 3 is 2.63 bits per heavy atom. The highest BCUT2D eigenvalue weighted by Gasteiger charge is 2.56. The van der Waals surface area contributed by atoms with Crippen LogP contribution in [0.15, 0.2) is 27.4 Å². The summed E-state index contributed by atoms with van der Waals surface area (Å²) in [6, 6.07) is 4.79. The Balaban J connectivity index is 1.74. The van der Waals surface area contributed by atoms with Gasteiger partial charge in [-0.05, 0) is 31.0 Å². The standard InChI is InChI=1S/C18H19N3O8S/c1-9-11-3-2-10(19)6-13(11)29-16(24)12(9)7-14(22)20-5-4-18(30(26,27)28)8-15(23)21-17(18)25/h2-3,6H,4-5,7-8,19H2,1H3,(H,20,22)(H,21,23,25)(H,26,27,28). The third kappa shape index (κ3) is 3.78. The lowest BCUT2D eigenvalue weighted by atomic mass is 10.0. The smallest absolute Gasteiger partial charge is 0.340 e. The third-order valence-electron chi connectivity index (χ3n) is 5.11. The average molecular weight is 437 g/mol. The molecule has 0 aliphatic carbocycles. The lowest BCUT2D eigenvalue weighted by Crippen LogP contribution is -2.47. The van der Waals surface area contributed by atoms with Crippen LogP contribution in [0, 0.1) is 6.92 Å². The summed E-state index contributed by atoms with van der Waals surface area (Å²) in [7, 11) is -4.90. The van der Waals surface area contributed by atoms with E-state index in [1.165, 1.54) is 6.07 Å². The summed E-state index contributed by atoms with van der Waals surface area (Å²) in [6.07, 6.45) is -1.60. The van der Waals surface area contributed by atoms with Crippen molar-refractivity contribution in [2.24, 2.45) is 0 Å². The average Bonchev–Trinajstić information content (AvgIpc) is 2.92. The van der Waals surface area contributed by atoms with Crippen molar-refractivity contribution < 1.29 is 31.8 Å². The Hall–Kier alpha value is -3.25. The lowest BCUT2D eigenvalue weighted by molar-refractivity contribution is -0.126. The van der Waals surface area contributed by atoms with Crippen LogP contribution in [-0.2, 0) is 30.9 Å². The summed E-state index contributed by atoms with van der Waals surface area (Å²) in [5, 5.41) is 4.84. The quantitative estimate of drug-likeness (QED) is 0.198. The number of carbonyl (C=O) groups is 3. The van der Waals surface area contributed by atoms with Crippen molar-refractivity contribution in [3.05, 3.63) is 39.7 Å². The molecule has 2 aromatic rings. The van der Waals surface area contributed by atoms with Crippen LogP contribution in [-0.4, -0.2) is 42.0 Å². The largest absolute Gasteiger partial charge is 0.422 e. The van der Waals surface area contributed by atoms with E-state index in [1.807, 2.05) is 5.32 Å². The molecular formula is C18H19N3O8S. The summed E-state index contributed by atoms with van der Waals surface area (Å²) >= 11 is 0. The number of rotatable bonds is 6. The first-order valence-electron chi connectivity index (χ1n) is 8.84. The van der Waals surface area contributed by atoms with Gasteiger partial charge in [-0.3, -0.25) is 24.3 Å². The van der Waals surface area contributed by atoms with Crippen molar-refractivity contribution in [2.75, 3.05) is 12.3 Å². The first-order valence-corrected chi connectivity index (χ1v) is 10.3. The van der Waals surface area contributed by atoms with Crippen LogP contribution in [0.4, 0.5) is 5.69 Å². The summed E-state index contributed by atoms with van der Waals surface area (Å²) in [5.74, 6) is -2.61. The van der Waals surface area contributed by atoms with Crippen molar-refractivity contribution in [2.45, 2.75) is 30.9 Å². The zero-order valence-electron chi connectivity index (χ0n) is 15.9. The van der Waals surface area contributed by atoms with E-state index in [0.29, 0.717) is 16.6 Å². The number of benzene rings is 1. The van der Waals surface area contributed by atoms with Gasteiger partial charge in [-0.25, -0.2) is 4.79 Å². The first-order chi connectivity index (χ1) is 13.9. The Labute approximate surface area is 170 Å². The van der Waals surface area contributed by atoms with Gasteiger partial charge >= 0.3 is 5.63 Å². The van der Waals surface area contributed by atoms with E-state index < -0.39 is 51.1 Å². The van der Waals surface area contributed by atoms with E-state index in [0.717, 1.165) is 0 Å². The maximum Gasteiger partial charge on any atom is 0.340 e. The minimum Gasteiger partial charge on any atom is -0.422 e. The third-order valence-corrected chi connectivity index (χ3v) is 6.63. The molecule has 1 aromatic carbocycles. The van der Waals surface area contributed by atoms with E-state index in [2.05, 4.69) is 5.32 Å². The molecule has 0 radical (unpaired) electrons. The molecular weight excluding hydrogens is 418 g/mol. The summed E-state index contributed by atoms with van der Waals surface area (Å²) in [6.45, 7) is 1.33. The van der Waals surface area contributed by atoms with E-state index >= 15 is 0 Å². The molecule has 12 heteroatoms. The number of nitrogens with one attached hydrogen (secondary N) is 2. The van der Waals surface area contributed by atoms with E-state index in [9.17, 15) is 32.1 Å². The molecule has 0 bridgehead atoms. The molecule has 2 heterocycles. The predicted octanol–water partition coefficient (Wildman–Crippen LogP) is -0.594. The fourth-order valence-electron chi connectivity index (χ4n) is 3.41.